The Morgan fingerprint density at radius 1 is 1.19 bits per heavy atom. The molecule has 0 amide bonds. The Balaban J connectivity index is 1.61. The number of likely N-dealkylation sites (tertiary alicyclic amines) is 1. The number of pyridine rings is 1. The molecule has 1 aromatic rings. The maximum absolute atomic E-state index is 12.5. The first-order valence-electron chi connectivity index (χ1n) is 8.82. The van der Waals surface area contributed by atoms with E-state index in [0.717, 1.165) is 38.4 Å². The summed E-state index contributed by atoms with van der Waals surface area (Å²) in [5.41, 5.74) is -0.790. The minimum Gasteiger partial charge on any atom is -0.476 e. The van der Waals surface area contributed by atoms with Gasteiger partial charge in [-0.3, -0.25) is 4.99 Å². The van der Waals surface area contributed by atoms with Crippen LogP contribution in [0, 0.1) is 0 Å². The van der Waals surface area contributed by atoms with E-state index in [1.807, 2.05) is 0 Å². The summed E-state index contributed by atoms with van der Waals surface area (Å²) in [4.78, 5) is 10.2. The number of guanidine groups is 1. The van der Waals surface area contributed by atoms with E-state index in [1.54, 1.807) is 7.05 Å². The van der Waals surface area contributed by atoms with E-state index in [2.05, 4.69) is 25.5 Å². The summed E-state index contributed by atoms with van der Waals surface area (Å²) < 4.78 is 42.7. The number of hydrogen-bond donors (Lipinski definition) is 2. The van der Waals surface area contributed by atoms with Crippen LogP contribution in [0.4, 0.5) is 13.2 Å². The van der Waals surface area contributed by atoms with Gasteiger partial charge in [-0.2, -0.15) is 13.2 Å². The molecule has 0 spiro atoms. The van der Waals surface area contributed by atoms with Gasteiger partial charge in [-0.05, 0) is 32.0 Å². The molecule has 2 N–H and O–H groups in total. The number of aromatic nitrogens is 1. The van der Waals surface area contributed by atoms with E-state index in [0.29, 0.717) is 12.5 Å². The lowest BCUT2D eigenvalue weighted by atomic mass is 10.1. The number of alkyl halides is 3. The van der Waals surface area contributed by atoms with E-state index in [1.165, 1.54) is 25.3 Å². The zero-order valence-corrected chi connectivity index (χ0v) is 15.0. The van der Waals surface area contributed by atoms with Crippen molar-refractivity contribution in [2.24, 2.45) is 4.99 Å². The average molecular weight is 373 g/mol. The number of aliphatic imine (C=N–C) groups is 1. The minimum atomic E-state index is -4.39. The summed E-state index contributed by atoms with van der Waals surface area (Å²) in [5, 5.41) is 6.34. The van der Waals surface area contributed by atoms with E-state index in [-0.39, 0.29) is 12.5 Å². The van der Waals surface area contributed by atoms with Crippen molar-refractivity contribution >= 4 is 5.96 Å². The third kappa shape index (κ3) is 7.07. The van der Waals surface area contributed by atoms with Gasteiger partial charge in [0.2, 0.25) is 5.88 Å². The number of halogens is 3. The van der Waals surface area contributed by atoms with Crippen LogP contribution < -0.4 is 15.4 Å². The summed E-state index contributed by atoms with van der Waals surface area (Å²) in [6.07, 6.45) is 0.231. The Morgan fingerprint density at radius 2 is 1.92 bits per heavy atom. The van der Waals surface area contributed by atoms with Gasteiger partial charge in [0.1, 0.15) is 6.61 Å². The highest BCUT2D eigenvalue weighted by Gasteiger charge is 2.30. The highest BCUT2D eigenvalue weighted by Crippen LogP contribution is 2.29. The maximum atomic E-state index is 12.5. The van der Waals surface area contributed by atoms with Crippen molar-refractivity contribution in [2.75, 3.05) is 46.4 Å². The Labute approximate surface area is 151 Å². The van der Waals surface area contributed by atoms with Crippen LogP contribution in [0.5, 0.6) is 5.88 Å². The van der Waals surface area contributed by atoms with E-state index < -0.39 is 11.7 Å². The number of nitrogens with zero attached hydrogens (tertiary/aromatic N) is 3. The molecular formula is C17H26F3N5O. The van der Waals surface area contributed by atoms with Crippen LogP contribution >= 0.6 is 0 Å². The number of nitrogens with one attached hydrogen (secondary N) is 2. The van der Waals surface area contributed by atoms with Gasteiger partial charge in [0.15, 0.2) is 5.96 Å². The first-order chi connectivity index (χ1) is 12.5. The minimum absolute atomic E-state index is 0.160. The Hall–Kier alpha value is -2.03. The molecule has 6 nitrogen and oxygen atoms in total. The van der Waals surface area contributed by atoms with E-state index in [9.17, 15) is 13.2 Å². The molecule has 1 saturated heterocycles. The highest BCUT2D eigenvalue weighted by molar-refractivity contribution is 5.79. The van der Waals surface area contributed by atoms with Crippen molar-refractivity contribution in [3.05, 3.63) is 23.9 Å². The van der Waals surface area contributed by atoms with Gasteiger partial charge >= 0.3 is 6.18 Å². The number of ether oxygens (including phenoxy) is 1. The number of rotatable bonds is 7. The van der Waals surface area contributed by atoms with Crippen molar-refractivity contribution < 1.29 is 17.9 Å². The fraction of sp³-hybridized carbons (Fsp3) is 0.647. The molecule has 0 bridgehead atoms. The lowest BCUT2D eigenvalue weighted by Gasteiger charge is -2.26. The van der Waals surface area contributed by atoms with Crippen molar-refractivity contribution in [2.45, 2.75) is 25.4 Å². The molecule has 1 aliphatic rings. The van der Waals surface area contributed by atoms with Gasteiger partial charge in [-0.25, -0.2) is 4.98 Å². The van der Waals surface area contributed by atoms with Crippen molar-refractivity contribution in [3.63, 3.8) is 0 Å². The van der Waals surface area contributed by atoms with Gasteiger partial charge in [-0.15, -0.1) is 0 Å². The second-order valence-corrected chi connectivity index (χ2v) is 6.06. The fourth-order valence-corrected chi connectivity index (χ4v) is 2.69. The average Bonchev–Trinajstić information content (AvgIpc) is 2.64. The molecule has 146 valence electrons. The molecular weight excluding hydrogens is 347 g/mol. The lowest BCUT2D eigenvalue weighted by Crippen LogP contribution is -2.43. The molecule has 9 heteroatoms. The second-order valence-electron chi connectivity index (χ2n) is 6.06. The molecule has 26 heavy (non-hydrogen) atoms. The molecule has 1 aliphatic heterocycles. The smallest absolute Gasteiger partial charge is 0.417 e. The van der Waals surface area contributed by atoms with Crippen LogP contribution in [-0.2, 0) is 6.18 Å². The fourth-order valence-electron chi connectivity index (χ4n) is 2.69. The zero-order valence-electron chi connectivity index (χ0n) is 15.0. The predicted octanol–water partition coefficient (Wildman–Crippen LogP) is 2.13. The molecule has 0 unspecified atom stereocenters. The topological polar surface area (TPSA) is 61.8 Å². The molecule has 0 atom stereocenters. The maximum Gasteiger partial charge on any atom is 0.417 e. The number of piperidine rings is 1. The Morgan fingerprint density at radius 3 is 2.54 bits per heavy atom. The van der Waals surface area contributed by atoms with Crippen molar-refractivity contribution in [1.29, 1.82) is 0 Å². The SMILES string of the molecule is CN=C(NCCOc1ccc(C(F)(F)F)cn1)NCCN1CCCCC1. The summed E-state index contributed by atoms with van der Waals surface area (Å²) in [7, 11) is 1.69. The van der Waals surface area contributed by atoms with Crippen LogP contribution in [0.1, 0.15) is 24.8 Å². The number of hydrogen-bond acceptors (Lipinski definition) is 4. The van der Waals surface area contributed by atoms with Crippen molar-refractivity contribution in [1.82, 2.24) is 20.5 Å². The zero-order chi connectivity index (χ0) is 18.8. The van der Waals surface area contributed by atoms with Gasteiger partial charge in [0, 0.05) is 32.4 Å². The Kier molecular flexibility index (Phi) is 7.96. The molecule has 0 radical (unpaired) electrons. The third-order valence-corrected chi connectivity index (χ3v) is 4.10. The lowest BCUT2D eigenvalue weighted by molar-refractivity contribution is -0.137. The van der Waals surface area contributed by atoms with Crippen LogP contribution in [-0.4, -0.2) is 62.2 Å². The molecule has 1 fully saturated rings. The molecule has 2 rings (SSSR count). The summed E-state index contributed by atoms with van der Waals surface area (Å²) in [5.74, 6) is 0.832. The van der Waals surface area contributed by atoms with Crippen molar-refractivity contribution in [3.8, 4) is 5.88 Å². The van der Waals surface area contributed by atoms with E-state index in [4.69, 9.17) is 4.74 Å². The van der Waals surface area contributed by atoms with Crippen LogP contribution in [0.15, 0.2) is 23.3 Å². The first-order valence-corrected chi connectivity index (χ1v) is 8.82. The summed E-state index contributed by atoms with van der Waals surface area (Å²) in [6, 6.07) is 2.17. The predicted molar refractivity (Wildman–Crippen MR) is 94.4 cm³/mol. The molecule has 1 aromatic heterocycles. The Bertz CT molecular complexity index is 557. The van der Waals surface area contributed by atoms with Crippen LogP contribution in [0.25, 0.3) is 0 Å². The van der Waals surface area contributed by atoms with Gasteiger partial charge < -0.3 is 20.3 Å². The molecule has 0 aliphatic carbocycles. The van der Waals surface area contributed by atoms with E-state index >= 15 is 0 Å². The largest absolute Gasteiger partial charge is 0.476 e. The standard InChI is InChI=1S/C17H26F3N5O/c1-21-16(22-7-11-25-9-3-2-4-10-25)23-8-12-26-15-6-5-14(13-24-15)17(18,19)20/h5-6,13H,2-4,7-12H2,1H3,(H2,21,22,23). The van der Waals surface area contributed by atoms with Gasteiger partial charge in [0.05, 0.1) is 12.1 Å². The normalized spacial score (nSPS) is 16.4. The summed E-state index contributed by atoms with van der Waals surface area (Å²) in [6.45, 7) is 4.83. The van der Waals surface area contributed by atoms with Gasteiger partial charge in [-0.1, -0.05) is 6.42 Å². The monoisotopic (exact) mass is 373 g/mol. The summed E-state index contributed by atoms with van der Waals surface area (Å²) >= 11 is 0. The van der Waals surface area contributed by atoms with Crippen LogP contribution in [0.3, 0.4) is 0 Å². The first kappa shape index (κ1) is 20.3. The van der Waals surface area contributed by atoms with Gasteiger partial charge in [0.25, 0.3) is 0 Å². The molecule has 0 aromatic carbocycles. The molecule has 2 heterocycles. The second kappa shape index (κ2) is 10.2. The third-order valence-electron chi connectivity index (χ3n) is 4.10. The van der Waals surface area contributed by atoms with Crippen LogP contribution in [0.2, 0.25) is 0 Å². The highest BCUT2D eigenvalue weighted by atomic mass is 19.4. The molecule has 0 saturated carbocycles. The quantitative estimate of drug-likeness (QED) is 0.436.